The summed E-state index contributed by atoms with van der Waals surface area (Å²) >= 11 is 0. The lowest BCUT2D eigenvalue weighted by Crippen LogP contribution is -2.50. The van der Waals surface area contributed by atoms with Gasteiger partial charge in [-0.05, 0) is 12.8 Å². The van der Waals surface area contributed by atoms with Gasteiger partial charge in [0.15, 0.2) is 0 Å². The van der Waals surface area contributed by atoms with E-state index in [1.165, 1.54) is 0 Å². The van der Waals surface area contributed by atoms with Gasteiger partial charge in [-0.25, -0.2) is 0 Å². The molecule has 0 aliphatic carbocycles. The average Bonchev–Trinajstić information content (AvgIpc) is 2.46. The van der Waals surface area contributed by atoms with Gasteiger partial charge in [0.05, 0.1) is 18.6 Å². The molecule has 0 aromatic rings. The van der Waals surface area contributed by atoms with Crippen molar-refractivity contribution < 1.29 is 14.3 Å². The Bertz CT molecular complexity index is 246. The fourth-order valence-electron chi connectivity index (χ4n) is 2.64. The first-order chi connectivity index (χ1) is 9.61. The maximum Gasteiger partial charge on any atom is 0.230 e. The molecule has 0 aromatic heterocycles. The number of rotatable bonds is 12. The highest BCUT2D eigenvalue weighted by atomic mass is 16.5. The summed E-state index contributed by atoms with van der Waals surface area (Å²) in [5.74, 6) is 0.151. The smallest absolute Gasteiger partial charge is 0.230 e. The first kappa shape index (κ1) is 19.4. The van der Waals surface area contributed by atoms with Crippen LogP contribution in [0.2, 0.25) is 0 Å². The fraction of sp³-hybridized carbons (Fsp3) is 0.933. The van der Waals surface area contributed by atoms with E-state index in [0.29, 0.717) is 32.8 Å². The average molecular weight is 288 g/mol. The maximum atomic E-state index is 12.9. The van der Waals surface area contributed by atoms with E-state index in [-0.39, 0.29) is 5.91 Å². The Kier molecular flexibility index (Phi) is 10.7. The molecular formula is C15H32N2O3. The molecule has 0 unspecified atom stereocenters. The van der Waals surface area contributed by atoms with Gasteiger partial charge >= 0.3 is 0 Å². The Labute approximate surface area is 123 Å². The highest BCUT2D eigenvalue weighted by Gasteiger charge is 2.38. The van der Waals surface area contributed by atoms with Crippen molar-refractivity contribution in [1.29, 1.82) is 0 Å². The lowest BCUT2D eigenvalue weighted by molar-refractivity contribution is -0.144. The van der Waals surface area contributed by atoms with Gasteiger partial charge in [0.2, 0.25) is 5.91 Å². The number of ether oxygens (including phenoxy) is 2. The van der Waals surface area contributed by atoms with E-state index in [1.807, 2.05) is 4.90 Å². The molecule has 0 atom stereocenters. The Morgan fingerprint density at radius 3 is 1.80 bits per heavy atom. The molecule has 0 heterocycles. The van der Waals surface area contributed by atoms with Crippen LogP contribution in [0, 0.1) is 5.41 Å². The summed E-state index contributed by atoms with van der Waals surface area (Å²) in [6.07, 6.45) is 3.61. The summed E-state index contributed by atoms with van der Waals surface area (Å²) in [6, 6.07) is 0. The van der Waals surface area contributed by atoms with Crippen LogP contribution in [0.3, 0.4) is 0 Å². The standard InChI is InChI=1S/C15H32N2O3/c1-5-7-15(13-16,8-6-2)14(18)17(9-11-19-3)10-12-20-4/h5-13,16H2,1-4H3. The molecule has 0 aliphatic rings. The van der Waals surface area contributed by atoms with Gasteiger partial charge < -0.3 is 20.1 Å². The van der Waals surface area contributed by atoms with Crippen molar-refractivity contribution in [2.45, 2.75) is 39.5 Å². The molecule has 5 nitrogen and oxygen atoms in total. The van der Waals surface area contributed by atoms with Crippen LogP contribution in [-0.4, -0.2) is 57.9 Å². The van der Waals surface area contributed by atoms with E-state index in [4.69, 9.17) is 15.2 Å². The van der Waals surface area contributed by atoms with Crippen LogP contribution in [0.25, 0.3) is 0 Å². The van der Waals surface area contributed by atoms with Crippen LogP contribution in [0.4, 0.5) is 0 Å². The highest BCUT2D eigenvalue weighted by molar-refractivity contribution is 5.83. The largest absolute Gasteiger partial charge is 0.383 e. The summed E-state index contributed by atoms with van der Waals surface area (Å²) in [6.45, 7) is 6.86. The maximum absolute atomic E-state index is 12.9. The Morgan fingerprint density at radius 1 is 1.05 bits per heavy atom. The first-order valence-corrected chi connectivity index (χ1v) is 7.59. The molecule has 0 bridgehead atoms. The third-order valence-corrected chi connectivity index (χ3v) is 3.72. The van der Waals surface area contributed by atoms with Crippen LogP contribution < -0.4 is 5.73 Å². The summed E-state index contributed by atoms with van der Waals surface area (Å²) < 4.78 is 10.2. The molecule has 120 valence electrons. The van der Waals surface area contributed by atoms with Crippen LogP contribution in [-0.2, 0) is 14.3 Å². The van der Waals surface area contributed by atoms with Crippen molar-refractivity contribution in [2.75, 3.05) is 47.1 Å². The van der Waals surface area contributed by atoms with Crippen molar-refractivity contribution in [3.63, 3.8) is 0 Å². The van der Waals surface area contributed by atoms with Crippen LogP contribution >= 0.6 is 0 Å². The molecular weight excluding hydrogens is 256 g/mol. The van der Waals surface area contributed by atoms with Gasteiger partial charge in [-0.2, -0.15) is 0 Å². The Hall–Kier alpha value is -0.650. The number of methoxy groups -OCH3 is 2. The summed E-state index contributed by atoms with van der Waals surface area (Å²) in [5, 5.41) is 0. The highest BCUT2D eigenvalue weighted by Crippen LogP contribution is 2.31. The topological polar surface area (TPSA) is 64.8 Å². The van der Waals surface area contributed by atoms with Gasteiger partial charge in [0.1, 0.15) is 0 Å². The van der Waals surface area contributed by atoms with Gasteiger partial charge in [-0.3, -0.25) is 4.79 Å². The van der Waals surface area contributed by atoms with E-state index in [1.54, 1.807) is 14.2 Å². The van der Waals surface area contributed by atoms with E-state index in [0.717, 1.165) is 25.7 Å². The molecule has 2 N–H and O–H groups in total. The summed E-state index contributed by atoms with van der Waals surface area (Å²) in [4.78, 5) is 14.8. The minimum atomic E-state index is -0.426. The molecule has 0 rings (SSSR count). The predicted octanol–water partition coefficient (Wildman–Crippen LogP) is 1.65. The molecule has 0 saturated heterocycles. The predicted molar refractivity (Wildman–Crippen MR) is 81.6 cm³/mol. The van der Waals surface area contributed by atoms with E-state index >= 15 is 0 Å². The Morgan fingerprint density at radius 2 is 1.50 bits per heavy atom. The van der Waals surface area contributed by atoms with Crippen LogP contribution in [0.1, 0.15) is 39.5 Å². The first-order valence-electron chi connectivity index (χ1n) is 7.59. The van der Waals surface area contributed by atoms with Crippen molar-refractivity contribution in [1.82, 2.24) is 4.90 Å². The minimum absolute atomic E-state index is 0.151. The molecule has 0 saturated carbocycles. The molecule has 0 spiro atoms. The zero-order valence-corrected chi connectivity index (χ0v) is 13.6. The van der Waals surface area contributed by atoms with E-state index in [2.05, 4.69) is 13.8 Å². The van der Waals surface area contributed by atoms with E-state index < -0.39 is 5.41 Å². The second-order valence-electron chi connectivity index (χ2n) is 5.26. The fourth-order valence-corrected chi connectivity index (χ4v) is 2.64. The van der Waals surface area contributed by atoms with Gasteiger partial charge in [0, 0.05) is 33.9 Å². The third-order valence-electron chi connectivity index (χ3n) is 3.72. The zero-order valence-electron chi connectivity index (χ0n) is 13.6. The SMILES string of the molecule is CCCC(CN)(CCC)C(=O)N(CCOC)CCOC. The normalized spacial score (nSPS) is 11.7. The molecule has 5 heteroatoms. The molecule has 20 heavy (non-hydrogen) atoms. The van der Waals surface area contributed by atoms with Crippen molar-refractivity contribution in [2.24, 2.45) is 11.1 Å². The van der Waals surface area contributed by atoms with Crippen molar-refractivity contribution >= 4 is 5.91 Å². The molecule has 1 amide bonds. The van der Waals surface area contributed by atoms with Crippen molar-refractivity contribution in [3.05, 3.63) is 0 Å². The zero-order chi connectivity index (χ0) is 15.4. The van der Waals surface area contributed by atoms with Gasteiger partial charge in [-0.15, -0.1) is 0 Å². The molecule has 0 aromatic carbocycles. The number of nitrogens with two attached hydrogens (primary N) is 1. The van der Waals surface area contributed by atoms with Crippen LogP contribution in [0.5, 0.6) is 0 Å². The number of carbonyl (C=O) groups excluding carboxylic acids is 1. The monoisotopic (exact) mass is 288 g/mol. The molecule has 0 fully saturated rings. The number of hydrogen-bond acceptors (Lipinski definition) is 4. The van der Waals surface area contributed by atoms with Gasteiger partial charge in [0.25, 0.3) is 0 Å². The minimum Gasteiger partial charge on any atom is -0.383 e. The quantitative estimate of drug-likeness (QED) is 0.593. The number of hydrogen-bond donors (Lipinski definition) is 1. The van der Waals surface area contributed by atoms with Crippen molar-refractivity contribution in [3.8, 4) is 0 Å². The Balaban J connectivity index is 4.99. The van der Waals surface area contributed by atoms with E-state index in [9.17, 15) is 4.79 Å². The molecule has 0 aliphatic heterocycles. The number of nitrogens with zero attached hydrogens (tertiary/aromatic N) is 1. The van der Waals surface area contributed by atoms with Gasteiger partial charge in [-0.1, -0.05) is 26.7 Å². The number of amides is 1. The second-order valence-corrected chi connectivity index (χ2v) is 5.26. The van der Waals surface area contributed by atoms with Crippen LogP contribution in [0.15, 0.2) is 0 Å². The summed E-state index contributed by atoms with van der Waals surface area (Å²) in [5.41, 5.74) is 5.54. The lowest BCUT2D eigenvalue weighted by atomic mass is 9.78. The number of carbonyl (C=O) groups is 1. The molecule has 0 radical (unpaired) electrons. The third kappa shape index (κ3) is 5.77. The lowest BCUT2D eigenvalue weighted by Gasteiger charge is -2.36. The summed E-state index contributed by atoms with van der Waals surface area (Å²) in [7, 11) is 3.29. The second kappa shape index (κ2) is 11.1.